The molecule has 3 rings (SSSR count). The van der Waals surface area contributed by atoms with Crippen LogP contribution in [0.5, 0.6) is 5.75 Å². The number of ether oxygens (including phenoxy) is 1. The minimum absolute atomic E-state index is 0.369. The van der Waals surface area contributed by atoms with E-state index in [-0.39, 0.29) is 0 Å². The topological polar surface area (TPSA) is 21.3 Å². The van der Waals surface area contributed by atoms with Crippen LogP contribution in [-0.2, 0) is 0 Å². The summed E-state index contributed by atoms with van der Waals surface area (Å²) >= 11 is 0. The molecule has 0 bridgehead atoms. The van der Waals surface area contributed by atoms with Crippen molar-refractivity contribution in [2.45, 2.75) is 19.4 Å². The van der Waals surface area contributed by atoms with Crippen LogP contribution in [-0.4, -0.2) is 13.2 Å². The minimum atomic E-state index is 0.369. The van der Waals surface area contributed by atoms with Crippen molar-refractivity contribution in [3.8, 4) is 5.75 Å². The molecule has 0 aromatic heterocycles. The van der Waals surface area contributed by atoms with E-state index in [2.05, 4.69) is 66.8 Å². The van der Waals surface area contributed by atoms with Gasteiger partial charge in [0, 0.05) is 11.4 Å². The summed E-state index contributed by atoms with van der Waals surface area (Å²) in [5.74, 6) is 0.971. The van der Waals surface area contributed by atoms with Gasteiger partial charge in [-0.15, -0.1) is 0 Å². The molecule has 0 fully saturated rings. The third-order valence-electron chi connectivity index (χ3n) is 4.08. The Morgan fingerprint density at radius 2 is 1.61 bits per heavy atom. The van der Waals surface area contributed by atoms with Crippen molar-refractivity contribution in [1.29, 1.82) is 0 Å². The normalized spacial score (nSPS) is 12.2. The zero-order valence-corrected chi connectivity index (χ0v) is 13.5. The Bertz CT molecular complexity index is 734. The van der Waals surface area contributed by atoms with E-state index >= 15 is 0 Å². The second kappa shape index (κ2) is 7.80. The molecule has 0 amide bonds. The van der Waals surface area contributed by atoms with Crippen LogP contribution >= 0.6 is 0 Å². The molecule has 0 aliphatic heterocycles. The Morgan fingerprint density at radius 3 is 2.48 bits per heavy atom. The van der Waals surface area contributed by atoms with E-state index in [0.29, 0.717) is 6.04 Å². The van der Waals surface area contributed by atoms with Gasteiger partial charge in [-0.2, -0.15) is 0 Å². The first-order chi connectivity index (χ1) is 11.3. The molecule has 0 saturated heterocycles. The van der Waals surface area contributed by atoms with Gasteiger partial charge in [0.05, 0.1) is 6.61 Å². The number of hydrogen-bond donors (Lipinski definition) is 1. The van der Waals surface area contributed by atoms with Crippen LogP contribution in [0.1, 0.15) is 24.9 Å². The van der Waals surface area contributed by atoms with Gasteiger partial charge in [0.2, 0.25) is 0 Å². The summed E-state index contributed by atoms with van der Waals surface area (Å²) in [5, 5.41) is 5.95. The van der Waals surface area contributed by atoms with Gasteiger partial charge >= 0.3 is 0 Å². The van der Waals surface area contributed by atoms with E-state index in [1.807, 2.05) is 18.2 Å². The molecule has 0 aliphatic carbocycles. The lowest BCUT2D eigenvalue weighted by molar-refractivity contribution is 0.309. The predicted molar refractivity (Wildman–Crippen MR) is 96.9 cm³/mol. The predicted octanol–water partition coefficient (Wildman–Crippen LogP) is 4.96. The van der Waals surface area contributed by atoms with Gasteiger partial charge in [-0.1, -0.05) is 66.7 Å². The molecule has 118 valence electrons. The number of rotatable bonds is 7. The van der Waals surface area contributed by atoms with Crippen LogP contribution in [0.25, 0.3) is 10.8 Å². The average molecular weight is 305 g/mol. The summed E-state index contributed by atoms with van der Waals surface area (Å²) in [4.78, 5) is 0. The van der Waals surface area contributed by atoms with E-state index in [1.54, 1.807) is 0 Å². The summed E-state index contributed by atoms with van der Waals surface area (Å²) in [6, 6.07) is 25.4. The van der Waals surface area contributed by atoms with Gasteiger partial charge < -0.3 is 10.1 Å². The second-order valence-corrected chi connectivity index (χ2v) is 5.77. The zero-order valence-electron chi connectivity index (χ0n) is 13.5. The largest absolute Gasteiger partial charge is 0.493 e. The molecule has 0 unspecified atom stereocenters. The maximum Gasteiger partial charge on any atom is 0.127 e. The molecule has 1 atom stereocenters. The van der Waals surface area contributed by atoms with Crippen LogP contribution in [0.2, 0.25) is 0 Å². The van der Waals surface area contributed by atoms with Crippen LogP contribution in [0, 0.1) is 0 Å². The fraction of sp³-hybridized carbons (Fsp3) is 0.238. The monoisotopic (exact) mass is 305 g/mol. The van der Waals surface area contributed by atoms with E-state index in [1.165, 1.54) is 16.3 Å². The molecule has 2 heteroatoms. The van der Waals surface area contributed by atoms with Gasteiger partial charge in [-0.05, 0) is 36.9 Å². The Morgan fingerprint density at radius 1 is 0.870 bits per heavy atom. The van der Waals surface area contributed by atoms with Crippen molar-refractivity contribution in [2.24, 2.45) is 0 Å². The van der Waals surface area contributed by atoms with Crippen LogP contribution in [0.15, 0.2) is 72.8 Å². The number of benzene rings is 3. The van der Waals surface area contributed by atoms with Gasteiger partial charge in [-0.3, -0.25) is 0 Å². The molecular weight excluding hydrogens is 282 g/mol. The molecule has 0 spiro atoms. The van der Waals surface area contributed by atoms with Crippen molar-refractivity contribution < 1.29 is 4.74 Å². The van der Waals surface area contributed by atoms with E-state index < -0.39 is 0 Å². The maximum atomic E-state index is 5.97. The fourth-order valence-electron chi connectivity index (χ4n) is 2.75. The van der Waals surface area contributed by atoms with Crippen molar-refractivity contribution in [3.63, 3.8) is 0 Å². The van der Waals surface area contributed by atoms with Crippen molar-refractivity contribution in [3.05, 3.63) is 78.4 Å². The molecule has 0 heterocycles. The summed E-state index contributed by atoms with van der Waals surface area (Å²) in [5.41, 5.74) is 1.32. The Hall–Kier alpha value is -2.32. The smallest absolute Gasteiger partial charge is 0.127 e. The second-order valence-electron chi connectivity index (χ2n) is 5.77. The molecular formula is C21H23NO. The lowest BCUT2D eigenvalue weighted by atomic mass is 10.1. The summed E-state index contributed by atoms with van der Waals surface area (Å²) in [6.07, 6.45) is 0.987. The molecule has 0 radical (unpaired) electrons. The molecule has 3 aromatic carbocycles. The highest BCUT2D eigenvalue weighted by Gasteiger charge is 2.04. The third kappa shape index (κ3) is 4.11. The molecule has 0 aliphatic rings. The highest BCUT2D eigenvalue weighted by atomic mass is 16.5. The Kier molecular flexibility index (Phi) is 5.28. The van der Waals surface area contributed by atoms with Gasteiger partial charge in [-0.25, -0.2) is 0 Å². The van der Waals surface area contributed by atoms with Gasteiger partial charge in [0.1, 0.15) is 5.75 Å². The third-order valence-corrected chi connectivity index (χ3v) is 4.08. The lowest BCUT2D eigenvalue weighted by Crippen LogP contribution is -2.21. The average Bonchev–Trinajstić information content (AvgIpc) is 2.62. The molecule has 2 nitrogen and oxygen atoms in total. The van der Waals surface area contributed by atoms with Gasteiger partial charge in [0.25, 0.3) is 0 Å². The first-order valence-electron chi connectivity index (χ1n) is 8.23. The highest BCUT2D eigenvalue weighted by Crippen LogP contribution is 2.25. The molecule has 0 saturated carbocycles. The van der Waals surface area contributed by atoms with Crippen LogP contribution in [0.4, 0.5) is 0 Å². The van der Waals surface area contributed by atoms with E-state index in [4.69, 9.17) is 4.74 Å². The van der Waals surface area contributed by atoms with Crippen molar-refractivity contribution >= 4 is 10.8 Å². The Balaban J connectivity index is 1.46. The Labute approximate surface area is 138 Å². The van der Waals surface area contributed by atoms with Crippen molar-refractivity contribution in [2.75, 3.05) is 13.2 Å². The first-order valence-corrected chi connectivity index (χ1v) is 8.23. The fourth-order valence-corrected chi connectivity index (χ4v) is 2.75. The van der Waals surface area contributed by atoms with Gasteiger partial charge in [0.15, 0.2) is 0 Å². The summed E-state index contributed by atoms with van der Waals surface area (Å²) in [6.45, 7) is 3.87. The first kappa shape index (κ1) is 15.6. The zero-order chi connectivity index (χ0) is 15.9. The van der Waals surface area contributed by atoms with Crippen molar-refractivity contribution in [1.82, 2.24) is 5.32 Å². The number of nitrogens with one attached hydrogen (secondary N) is 1. The van der Waals surface area contributed by atoms with E-state index in [0.717, 1.165) is 25.3 Å². The van der Waals surface area contributed by atoms with Crippen LogP contribution < -0.4 is 10.1 Å². The lowest BCUT2D eigenvalue weighted by Gasteiger charge is -2.14. The van der Waals surface area contributed by atoms with Crippen LogP contribution in [0.3, 0.4) is 0 Å². The maximum absolute atomic E-state index is 5.97. The number of hydrogen-bond acceptors (Lipinski definition) is 2. The SMILES string of the molecule is C[C@@H](NCCCOc1cccc2ccccc12)c1ccccc1. The highest BCUT2D eigenvalue weighted by molar-refractivity contribution is 5.88. The molecule has 1 N–H and O–H groups in total. The quantitative estimate of drug-likeness (QED) is 0.623. The van der Waals surface area contributed by atoms with E-state index in [9.17, 15) is 0 Å². The number of fused-ring (bicyclic) bond motifs is 1. The molecule has 3 aromatic rings. The molecule has 23 heavy (non-hydrogen) atoms. The minimum Gasteiger partial charge on any atom is -0.493 e. The summed E-state index contributed by atoms with van der Waals surface area (Å²) < 4.78 is 5.97. The summed E-state index contributed by atoms with van der Waals surface area (Å²) in [7, 11) is 0. The standard InChI is InChI=1S/C21H23NO/c1-17(18-9-3-2-4-10-18)22-15-8-16-23-21-14-7-12-19-11-5-6-13-20(19)21/h2-7,9-14,17,22H,8,15-16H2,1H3/t17-/m1/s1.